The van der Waals surface area contributed by atoms with E-state index in [9.17, 15) is 14.4 Å². The zero-order valence-corrected chi connectivity index (χ0v) is 13.2. The van der Waals surface area contributed by atoms with Crippen LogP contribution in [0, 0.1) is 0 Å². The maximum atomic E-state index is 12.2. The van der Waals surface area contributed by atoms with Crippen molar-refractivity contribution in [3.8, 4) is 0 Å². The van der Waals surface area contributed by atoms with Gasteiger partial charge < -0.3 is 14.2 Å². The minimum Gasteiger partial charge on any atom is -0.466 e. The van der Waals surface area contributed by atoms with Gasteiger partial charge in [-0.2, -0.15) is 0 Å². The average molecular weight is 323 g/mol. The molecule has 0 saturated carbocycles. The van der Waals surface area contributed by atoms with Crippen LogP contribution in [0.1, 0.15) is 12.8 Å². The van der Waals surface area contributed by atoms with Crippen molar-refractivity contribution < 1.29 is 28.6 Å². The van der Waals surface area contributed by atoms with Gasteiger partial charge in [0.25, 0.3) is 0 Å². The number of carbonyl (C=O) groups is 3. The van der Waals surface area contributed by atoms with Crippen molar-refractivity contribution in [2.24, 2.45) is 0 Å². The van der Waals surface area contributed by atoms with Gasteiger partial charge in [0.05, 0.1) is 14.2 Å². The molecule has 0 amide bonds. The first-order valence-electron chi connectivity index (χ1n) is 7.06. The van der Waals surface area contributed by atoms with E-state index in [1.165, 1.54) is 38.5 Å². The fraction of sp³-hybridized carbons (Fsp3) is 0.438. The highest BCUT2D eigenvalue weighted by Gasteiger charge is 2.43. The summed E-state index contributed by atoms with van der Waals surface area (Å²) in [4.78, 5) is 34.2. The van der Waals surface area contributed by atoms with Gasteiger partial charge in [-0.05, 0) is 18.9 Å². The molecule has 1 aliphatic heterocycles. The molecule has 0 aliphatic carbocycles. The predicted molar refractivity (Wildman–Crippen MR) is 82.4 cm³/mol. The Morgan fingerprint density at radius 2 is 1.87 bits per heavy atom. The standard InChI is InChI=1S/C16H21NO6/c1-4-16(15(20)23-11-5-6-13(18)21-2)10-9-12(17-16)7-8-14(19)22-3/h4-8,12,17H,1,9-11H2,2-3H3/b6-5+,8-7+/t12-,16+/m0/s1. The second-order valence-corrected chi connectivity index (χ2v) is 4.87. The Labute approximate surface area is 135 Å². The van der Waals surface area contributed by atoms with Crippen LogP contribution in [-0.4, -0.2) is 50.3 Å². The second kappa shape index (κ2) is 8.89. The number of rotatable bonds is 7. The lowest BCUT2D eigenvalue weighted by Crippen LogP contribution is -2.48. The first-order valence-corrected chi connectivity index (χ1v) is 7.06. The number of nitrogens with one attached hydrogen (secondary N) is 1. The van der Waals surface area contributed by atoms with Crippen LogP contribution in [0.5, 0.6) is 0 Å². The Bertz CT molecular complexity index is 525. The lowest BCUT2D eigenvalue weighted by Gasteiger charge is -2.23. The summed E-state index contributed by atoms with van der Waals surface area (Å²) in [5, 5.41) is 3.09. The molecule has 0 unspecified atom stereocenters. The van der Waals surface area contributed by atoms with E-state index >= 15 is 0 Å². The van der Waals surface area contributed by atoms with Crippen molar-refractivity contribution in [2.75, 3.05) is 20.8 Å². The number of hydrogen-bond acceptors (Lipinski definition) is 7. The Balaban J connectivity index is 2.58. The van der Waals surface area contributed by atoms with E-state index in [0.29, 0.717) is 12.8 Å². The van der Waals surface area contributed by atoms with Crippen LogP contribution in [0.2, 0.25) is 0 Å². The second-order valence-electron chi connectivity index (χ2n) is 4.87. The van der Waals surface area contributed by atoms with E-state index in [1.54, 1.807) is 6.08 Å². The van der Waals surface area contributed by atoms with Gasteiger partial charge in [0, 0.05) is 18.2 Å². The van der Waals surface area contributed by atoms with E-state index < -0.39 is 23.4 Å². The molecule has 0 spiro atoms. The molecule has 2 atom stereocenters. The van der Waals surface area contributed by atoms with Gasteiger partial charge in [0.15, 0.2) is 0 Å². The molecule has 7 nitrogen and oxygen atoms in total. The zero-order valence-electron chi connectivity index (χ0n) is 13.2. The molecule has 23 heavy (non-hydrogen) atoms. The largest absolute Gasteiger partial charge is 0.466 e. The van der Waals surface area contributed by atoms with E-state index in [1.807, 2.05) is 0 Å². The summed E-state index contributed by atoms with van der Waals surface area (Å²) in [5.74, 6) is -1.47. The van der Waals surface area contributed by atoms with Crippen LogP contribution in [0.25, 0.3) is 0 Å². The zero-order chi connectivity index (χ0) is 17.3. The van der Waals surface area contributed by atoms with Crippen molar-refractivity contribution in [3.05, 3.63) is 37.0 Å². The Morgan fingerprint density at radius 1 is 1.22 bits per heavy atom. The van der Waals surface area contributed by atoms with Crippen molar-refractivity contribution in [3.63, 3.8) is 0 Å². The van der Waals surface area contributed by atoms with Gasteiger partial charge in [-0.25, -0.2) is 14.4 Å². The van der Waals surface area contributed by atoms with E-state index in [4.69, 9.17) is 4.74 Å². The normalized spacial score (nSPS) is 23.8. The first-order chi connectivity index (χ1) is 11.0. The molecule has 7 heteroatoms. The highest BCUT2D eigenvalue weighted by Crippen LogP contribution is 2.26. The molecular formula is C16H21NO6. The third-order valence-electron chi connectivity index (χ3n) is 3.44. The summed E-state index contributed by atoms with van der Waals surface area (Å²) < 4.78 is 14.1. The molecule has 1 fully saturated rings. The topological polar surface area (TPSA) is 90.9 Å². The molecule has 0 aromatic rings. The Morgan fingerprint density at radius 3 is 2.48 bits per heavy atom. The van der Waals surface area contributed by atoms with Gasteiger partial charge >= 0.3 is 17.9 Å². The molecular weight excluding hydrogens is 302 g/mol. The van der Waals surface area contributed by atoms with Gasteiger partial charge in [-0.1, -0.05) is 12.2 Å². The molecule has 0 bridgehead atoms. The Kier molecular flexibility index (Phi) is 7.21. The molecule has 0 radical (unpaired) electrons. The predicted octanol–water partition coefficient (Wildman–Crippen LogP) is 0.665. The fourth-order valence-electron chi connectivity index (χ4n) is 2.14. The van der Waals surface area contributed by atoms with Crippen LogP contribution in [0.15, 0.2) is 37.0 Å². The van der Waals surface area contributed by atoms with Crippen LogP contribution < -0.4 is 5.32 Å². The van der Waals surface area contributed by atoms with Gasteiger partial charge in [-0.3, -0.25) is 5.32 Å². The summed E-state index contributed by atoms with van der Waals surface area (Å²) in [6.45, 7) is 3.63. The van der Waals surface area contributed by atoms with Crippen molar-refractivity contribution >= 4 is 17.9 Å². The fourth-order valence-corrected chi connectivity index (χ4v) is 2.14. The van der Waals surface area contributed by atoms with Crippen LogP contribution >= 0.6 is 0 Å². The van der Waals surface area contributed by atoms with Crippen LogP contribution in [0.4, 0.5) is 0 Å². The van der Waals surface area contributed by atoms with Crippen molar-refractivity contribution in [1.29, 1.82) is 0 Å². The number of esters is 3. The molecule has 0 aromatic heterocycles. The first kappa shape index (κ1) is 18.6. The molecule has 1 rings (SSSR count). The van der Waals surface area contributed by atoms with Gasteiger partial charge in [-0.15, -0.1) is 6.58 Å². The highest BCUT2D eigenvalue weighted by atomic mass is 16.5. The number of ether oxygens (including phenoxy) is 3. The number of carbonyl (C=O) groups excluding carboxylic acids is 3. The molecule has 126 valence electrons. The van der Waals surface area contributed by atoms with Crippen molar-refractivity contribution in [2.45, 2.75) is 24.4 Å². The van der Waals surface area contributed by atoms with Gasteiger partial charge in [0.2, 0.25) is 0 Å². The minimum absolute atomic E-state index is 0.0477. The molecule has 1 heterocycles. The minimum atomic E-state index is -1.01. The molecule has 1 aliphatic rings. The van der Waals surface area contributed by atoms with E-state index in [0.717, 1.165) is 0 Å². The quantitative estimate of drug-likeness (QED) is 0.318. The summed E-state index contributed by atoms with van der Waals surface area (Å²) in [5.41, 5.74) is -1.01. The van der Waals surface area contributed by atoms with Crippen LogP contribution in [-0.2, 0) is 28.6 Å². The maximum Gasteiger partial charge on any atom is 0.330 e. The molecule has 0 aromatic carbocycles. The summed E-state index contributed by atoms with van der Waals surface area (Å²) in [6.07, 6.45) is 8.15. The SMILES string of the molecule is C=C[C@]1(C(=O)OC/C=C/C(=O)OC)CC[C@H](/C=C/C(=O)OC)N1. The maximum absolute atomic E-state index is 12.2. The number of methoxy groups -OCH3 is 2. The van der Waals surface area contributed by atoms with Gasteiger partial charge in [0.1, 0.15) is 12.1 Å². The lowest BCUT2D eigenvalue weighted by atomic mass is 9.98. The Hall–Kier alpha value is -2.41. The summed E-state index contributed by atoms with van der Waals surface area (Å²) >= 11 is 0. The smallest absolute Gasteiger partial charge is 0.330 e. The van der Waals surface area contributed by atoms with Crippen LogP contribution in [0.3, 0.4) is 0 Å². The molecule has 1 N–H and O–H groups in total. The monoisotopic (exact) mass is 323 g/mol. The third kappa shape index (κ3) is 5.37. The van der Waals surface area contributed by atoms with E-state index in [-0.39, 0.29) is 12.6 Å². The van der Waals surface area contributed by atoms with E-state index in [2.05, 4.69) is 21.4 Å². The molecule has 1 saturated heterocycles. The summed E-state index contributed by atoms with van der Waals surface area (Å²) in [7, 11) is 2.55. The number of hydrogen-bond donors (Lipinski definition) is 1. The highest BCUT2D eigenvalue weighted by molar-refractivity contribution is 5.85. The van der Waals surface area contributed by atoms with Crippen molar-refractivity contribution in [1.82, 2.24) is 5.32 Å². The lowest BCUT2D eigenvalue weighted by molar-refractivity contribution is -0.148. The average Bonchev–Trinajstić information content (AvgIpc) is 3.00. The summed E-state index contributed by atoms with van der Waals surface area (Å²) in [6, 6.07) is -0.162. The third-order valence-corrected chi connectivity index (χ3v) is 3.44.